The number of aliphatic hydroxyl groups is 1. The third-order valence-electron chi connectivity index (χ3n) is 4.03. The van der Waals surface area contributed by atoms with Crippen LogP contribution in [-0.2, 0) is 11.0 Å². The van der Waals surface area contributed by atoms with Gasteiger partial charge in [-0.15, -0.1) is 11.3 Å². The normalized spacial score (nSPS) is 14.0. The number of amides is 2. The first-order valence-electron chi connectivity index (χ1n) is 8.00. The van der Waals surface area contributed by atoms with Crippen LogP contribution < -0.4 is 11.1 Å². The molecular weight excluding hydrogens is 397 g/mol. The lowest BCUT2D eigenvalue weighted by molar-refractivity contribution is -0.137. The topological polar surface area (TPSA) is 110 Å². The molecule has 28 heavy (non-hydrogen) atoms. The highest BCUT2D eigenvalue weighted by molar-refractivity contribution is 7.15. The standard InChI is InChI=1S/C17H15F3N4O3S/c1-8(25)13(14(21)26)23-15(27)12-7-28-16-22-11(6-24(12)16)9-2-4-10(5-3-9)17(18,19)20/h2-8,13,25H,1H3,(H2,21,26)(H,23,27)/t8-,13+/m1/s1. The van der Waals surface area contributed by atoms with Gasteiger partial charge in [-0.05, 0) is 19.1 Å². The number of rotatable bonds is 5. The van der Waals surface area contributed by atoms with E-state index in [4.69, 9.17) is 5.73 Å². The van der Waals surface area contributed by atoms with Gasteiger partial charge in [0.05, 0.1) is 17.4 Å². The lowest BCUT2D eigenvalue weighted by Gasteiger charge is -2.17. The molecule has 1 aromatic carbocycles. The van der Waals surface area contributed by atoms with Crippen molar-refractivity contribution in [3.63, 3.8) is 0 Å². The van der Waals surface area contributed by atoms with Gasteiger partial charge in [-0.25, -0.2) is 4.98 Å². The summed E-state index contributed by atoms with van der Waals surface area (Å²) in [5, 5.41) is 13.4. The number of aliphatic hydroxyl groups excluding tert-OH is 1. The molecule has 4 N–H and O–H groups in total. The number of nitrogens with two attached hydrogens (primary N) is 1. The van der Waals surface area contributed by atoms with Crippen molar-refractivity contribution in [1.29, 1.82) is 0 Å². The van der Waals surface area contributed by atoms with Crippen molar-refractivity contribution in [2.45, 2.75) is 25.2 Å². The van der Waals surface area contributed by atoms with E-state index in [2.05, 4.69) is 10.3 Å². The van der Waals surface area contributed by atoms with E-state index in [-0.39, 0.29) is 5.69 Å². The van der Waals surface area contributed by atoms with Crippen LogP contribution in [0.3, 0.4) is 0 Å². The molecule has 0 spiro atoms. The number of hydrogen-bond acceptors (Lipinski definition) is 5. The summed E-state index contributed by atoms with van der Waals surface area (Å²) in [6.45, 7) is 1.32. The molecule has 0 aliphatic rings. The minimum absolute atomic E-state index is 0.151. The zero-order valence-corrected chi connectivity index (χ0v) is 15.2. The minimum Gasteiger partial charge on any atom is -0.391 e. The number of hydrogen-bond donors (Lipinski definition) is 3. The Kier molecular flexibility index (Phi) is 5.13. The zero-order chi connectivity index (χ0) is 20.6. The number of nitrogens with zero attached hydrogens (tertiary/aromatic N) is 2. The molecule has 148 valence electrons. The minimum atomic E-state index is -4.43. The van der Waals surface area contributed by atoms with E-state index >= 15 is 0 Å². The molecule has 7 nitrogen and oxygen atoms in total. The number of primary amides is 1. The van der Waals surface area contributed by atoms with Gasteiger partial charge < -0.3 is 16.2 Å². The number of thiazole rings is 1. The zero-order valence-electron chi connectivity index (χ0n) is 14.4. The summed E-state index contributed by atoms with van der Waals surface area (Å²) >= 11 is 1.14. The molecule has 2 aromatic heterocycles. The first-order chi connectivity index (χ1) is 13.1. The first kappa shape index (κ1) is 19.8. The van der Waals surface area contributed by atoms with Crippen molar-refractivity contribution in [2.75, 3.05) is 0 Å². The first-order valence-corrected chi connectivity index (χ1v) is 8.88. The number of benzene rings is 1. The van der Waals surface area contributed by atoms with Crippen LogP contribution in [0, 0.1) is 0 Å². The Bertz CT molecular complexity index is 1020. The highest BCUT2D eigenvalue weighted by atomic mass is 32.1. The summed E-state index contributed by atoms with van der Waals surface area (Å²) in [5.74, 6) is -1.53. The fraction of sp³-hybridized carbons (Fsp3) is 0.235. The van der Waals surface area contributed by atoms with E-state index in [1.165, 1.54) is 35.0 Å². The maximum atomic E-state index is 12.7. The maximum Gasteiger partial charge on any atom is 0.416 e. The molecule has 0 saturated carbocycles. The molecule has 0 fully saturated rings. The summed E-state index contributed by atoms with van der Waals surface area (Å²) in [5.41, 5.74) is 5.38. The van der Waals surface area contributed by atoms with Gasteiger partial charge in [-0.2, -0.15) is 13.2 Å². The third-order valence-corrected chi connectivity index (χ3v) is 4.87. The molecule has 3 rings (SSSR count). The lowest BCUT2D eigenvalue weighted by Crippen LogP contribution is -2.50. The molecule has 0 aliphatic carbocycles. The van der Waals surface area contributed by atoms with Gasteiger partial charge in [-0.3, -0.25) is 14.0 Å². The highest BCUT2D eigenvalue weighted by Gasteiger charge is 2.30. The summed E-state index contributed by atoms with van der Waals surface area (Å²) < 4.78 is 39.5. The SMILES string of the molecule is C[C@@H](O)[C@H](NC(=O)c1csc2nc(-c3ccc(C(F)(F)F)cc3)cn12)C(N)=O. The second-order valence-corrected chi connectivity index (χ2v) is 6.91. The van der Waals surface area contributed by atoms with E-state index in [1.807, 2.05) is 0 Å². The van der Waals surface area contributed by atoms with Gasteiger partial charge >= 0.3 is 6.18 Å². The molecule has 2 amide bonds. The smallest absolute Gasteiger partial charge is 0.391 e. The Labute approximate surface area is 160 Å². The second kappa shape index (κ2) is 7.24. The van der Waals surface area contributed by atoms with Crippen molar-refractivity contribution in [3.05, 3.63) is 47.1 Å². The van der Waals surface area contributed by atoms with Crippen LogP contribution in [0.5, 0.6) is 0 Å². The molecule has 0 unspecified atom stereocenters. The Morgan fingerprint density at radius 1 is 1.29 bits per heavy atom. The number of aromatic nitrogens is 2. The maximum absolute atomic E-state index is 12.7. The fourth-order valence-corrected chi connectivity index (χ4v) is 3.41. The summed E-state index contributed by atoms with van der Waals surface area (Å²) in [6.07, 6.45) is -4.11. The second-order valence-electron chi connectivity index (χ2n) is 6.07. The molecule has 11 heteroatoms. The lowest BCUT2D eigenvalue weighted by atomic mass is 10.1. The molecule has 0 bridgehead atoms. The Hall–Kier alpha value is -2.92. The monoisotopic (exact) mass is 412 g/mol. The average molecular weight is 412 g/mol. The number of alkyl halides is 3. The Morgan fingerprint density at radius 2 is 1.93 bits per heavy atom. The predicted molar refractivity (Wildman–Crippen MR) is 95.6 cm³/mol. The van der Waals surface area contributed by atoms with Crippen molar-refractivity contribution < 1.29 is 27.9 Å². The highest BCUT2D eigenvalue weighted by Crippen LogP contribution is 2.31. The van der Waals surface area contributed by atoms with Crippen molar-refractivity contribution >= 4 is 28.1 Å². The van der Waals surface area contributed by atoms with Gasteiger partial charge in [0, 0.05) is 17.1 Å². The molecule has 0 aliphatic heterocycles. The van der Waals surface area contributed by atoms with Crippen LogP contribution in [0.15, 0.2) is 35.8 Å². The summed E-state index contributed by atoms with van der Waals surface area (Å²) in [6, 6.07) is 3.24. The number of carbonyl (C=O) groups excluding carboxylic acids is 2. The molecule has 3 aromatic rings. The van der Waals surface area contributed by atoms with Gasteiger partial charge in [-0.1, -0.05) is 12.1 Å². The van der Waals surface area contributed by atoms with Crippen molar-refractivity contribution in [1.82, 2.24) is 14.7 Å². The average Bonchev–Trinajstić information content (AvgIpc) is 3.18. The number of halogens is 3. The molecular formula is C17H15F3N4O3S. The van der Waals surface area contributed by atoms with E-state index < -0.39 is 35.7 Å². The van der Waals surface area contributed by atoms with Crippen LogP contribution in [0.25, 0.3) is 16.2 Å². The van der Waals surface area contributed by atoms with Gasteiger partial charge in [0.15, 0.2) is 4.96 Å². The number of imidazole rings is 1. The molecule has 2 heterocycles. The van der Waals surface area contributed by atoms with Gasteiger partial charge in [0.25, 0.3) is 5.91 Å². The number of fused-ring (bicyclic) bond motifs is 1. The van der Waals surface area contributed by atoms with E-state index in [9.17, 15) is 27.9 Å². The molecule has 0 saturated heterocycles. The van der Waals surface area contributed by atoms with Gasteiger partial charge in [0.2, 0.25) is 5.91 Å². The Balaban J connectivity index is 1.89. The van der Waals surface area contributed by atoms with Crippen LogP contribution in [0.1, 0.15) is 23.0 Å². The molecule has 2 atom stereocenters. The van der Waals surface area contributed by atoms with Crippen LogP contribution in [0.4, 0.5) is 13.2 Å². The van der Waals surface area contributed by atoms with Crippen molar-refractivity contribution in [3.8, 4) is 11.3 Å². The van der Waals surface area contributed by atoms with E-state index in [0.29, 0.717) is 16.2 Å². The quantitative estimate of drug-likeness (QED) is 0.596. The van der Waals surface area contributed by atoms with Gasteiger partial charge in [0.1, 0.15) is 11.7 Å². The summed E-state index contributed by atoms with van der Waals surface area (Å²) in [7, 11) is 0. The van der Waals surface area contributed by atoms with E-state index in [0.717, 1.165) is 23.5 Å². The predicted octanol–water partition coefficient (Wildman–Crippen LogP) is 2.05. The van der Waals surface area contributed by atoms with E-state index in [1.54, 1.807) is 0 Å². The number of nitrogens with one attached hydrogen (secondary N) is 1. The fourth-order valence-electron chi connectivity index (χ4n) is 2.56. The third kappa shape index (κ3) is 3.85. The number of carbonyl (C=O) groups is 2. The van der Waals surface area contributed by atoms with Crippen molar-refractivity contribution in [2.24, 2.45) is 5.73 Å². The molecule has 0 radical (unpaired) electrons. The van der Waals surface area contributed by atoms with Crippen LogP contribution >= 0.6 is 11.3 Å². The largest absolute Gasteiger partial charge is 0.416 e. The summed E-state index contributed by atoms with van der Waals surface area (Å²) in [4.78, 5) is 28.5. The van der Waals surface area contributed by atoms with Crippen LogP contribution in [0.2, 0.25) is 0 Å². The Morgan fingerprint density at radius 3 is 2.46 bits per heavy atom. The van der Waals surface area contributed by atoms with Crippen LogP contribution in [-0.4, -0.2) is 38.5 Å².